The Balaban J connectivity index is 2.78. The van der Waals surface area contributed by atoms with Crippen LogP contribution in [0.15, 0.2) is 27.1 Å². The number of alkyl halides is 1. The smallest absolute Gasteiger partial charge is 0.252 e. The second-order valence-corrected chi connectivity index (χ2v) is 5.82. The van der Waals surface area contributed by atoms with Crippen LogP contribution in [0.3, 0.4) is 0 Å². The van der Waals surface area contributed by atoms with Crippen molar-refractivity contribution in [2.75, 3.05) is 19.0 Å². The number of rotatable bonds is 5. The summed E-state index contributed by atoms with van der Waals surface area (Å²) in [6.45, 7) is 0.475. The predicted molar refractivity (Wildman–Crippen MR) is 78.8 cm³/mol. The van der Waals surface area contributed by atoms with Crippen LogP contribution >= 0.6 is 47.8 Å². The molecule has 6 heteroatoms. The van der Waals surface area contributed by atoms with Crippen LogP contribution in [-0.4, -0.2) is 31.0 Å². The van der Waals surface area contributed by atoms with Gasteiger partial charge in [-0.3, -0.25) is 4.79 Å². The van der Waals surface area contributed by atoms with E-state index >= 15 is 0 Å². The van der Waals surface area contributed by atoms with E-state index in [1.54, 1.807) is 13.2 Å². The molecule has 0 aliphatic heterocycles. The SMILES string of the molecule is COCC(CBr)NC(=O)c1cc(Br)ccc1Br. The van der Waals surface area contributed by atoms with Gasteiger partial charge in [-0.25, -0.2) is 0 Å². The zero-order valence-electron chi connectivity index (χ0n) is 9.17. The minimum Gasteiger partial charge on any atom is -0.383 e. The number of ether oxygens (including phenoxy) is 1. The Morgan fingerprint density at radius 1 is 1.47 bits per heavy atom. The van der Waals surface area contributed by atoms with Crippen LogP contribution in [0, 0.1) is 0 Å². The topological polar surface area (TPSA) is 38.3 Å². The third kappa shape index (κ3) is 4.69. The molecule has 1 atom stereocenters. The van der Waals surface area contributed by atoms with Gasteiger partial charge in [0.1, 0.15) is 0 Å². The quantitative estimate of drug-likeness (QED) is 0.729. The predicted octanol–water partition coefficient (Wildman–Crippen LogP) is 3.35. The van der Waals surface area contributed by atoms with Gasteiger partial charge in [0.15, 0.2) is 0 Å². The van der Waals surface area contributed by atoms with Crippen molar-refractivity contribution in [2.24, 2.45) is 0 Å². The van der Waals surface area contributed by atoms with E-state index in [0.29, 0.717) is 17.5 Å². The lowest BCUT2D eigenvalue weighted by Gasteiger charge is -2.15. The van der Waals surface area contributed by atoms with E-state index in [1.165, 1.54) is 0 Å². The van der Waals surface area contributed by atoms with Gasteiger partial charge in [0.05, 0.1) is 18.2 Å². The Morgan fingerprint density at radius 2 is 2.18 bits per heavy atom. The average molecular weight is 430 g/mol. The third-order valence-electron chi connectivity index (χ3n) is 2.06. The van der Waals surface area contributed by atoms with Gasteiger partial charge >= 0.3 is 0 Å². The normalized spacial score (nSPS) is 12.2. The van der Waals surface area contributed by atoms with E-state index in [9.17, 15) is 4.79 Å². The number of hydrogen-bond donors (Lipinski definition) is 1. The number of carbonyl (C=O) groups is 1. The summed E-state index contributed by atoms with van der Waals surface area (Å²) in [5.74, 6) is -0.125. The van der Waals surface area contributed by atoms with Crippen LogP contribution < -0.4 is 5.32 Å². The Hall–Kier alpha value is 0.0900. The maximum absolute atomic E-state index is 12.0. The van der Waals surface area contributed by atoms with Gasteiger partial charge in [0.2, 0.25) is 0 Å². The van der Waals surface area contributed by atoms with Crippen LogP contribution in [0.25, 0.3) is 0 Å². The molecule has 0 spiro atoms. The molecule has 1 aromatic carbocycles. The molecule has 0 heterocycles. The van der Waals surface area contributed by atoms with Crippen molar-refractivity contribution in [3.63, 3.8) is 0 Å². The van der Waals surface area contributed by atoms with E-state index in [-0.39, 0.29) is 11.9 Å². The molecule has 0 aliphatic carbocycles. The molecule has 0 fully saturated rings. The molecule has 0 aliphatic rings. The van der Waals surface area contributed by atoms with Crippen molar-refractivity contribution in [1.29, 1.82) is 0 Å². The first-order chi connectivity index (χ1) is 8.08. The minimum atomic E-state index is -0.125. The van der Waals surface area contributed by atoms with Gasteiger partial charge in [-0.05, 0) is 34.1 Å². The first kappa shape index (κ1) is 15.1. The summed E-state index contributed by atoms with van der Waals surface area (Å²) in [7, 11) is 1.61. The number of benzene rings is 1. The van der Waals surface area contributed by atoms with Crippen molar-refractivity contribution in [3.05, 3.63) is 32.7 Å². The highest BCUT2D eigenvalue weighted by atomic mass is 79.9. The Kier molecular flexibility index (Phi) is 6.69. The standard InChI is InChI=1S/C11H12Br3NO2/c1-17-6-8(5-12)15-11(16)9-4-7(13)2-3-10(9)14/h2-4,8H,5-6H2,1H3,(H,15,16). The minimum absolute atomic E-state index is 0.0432. The van der Waals surface area contributed by atoms with Crippen molar-refractivity contribution >= 4 is 53.7 Å². The lowest BCUT2D eigenvalue weighted by molar-refractivity contribution is 0.0907. The summed E-state index contributed by atoms with van der Waals surface area (Å²) in [4.78, 5) is 12.0. The molecule has 94 valence electrons. The van der Waals surface area contributed by atoms with Crippen LogP contribution in [0.4, 0.5) is 0 Å². The van der Waals surface area contributed by atoms with Gasteiger partial charge in [-0.1, -0.05) is 31.9 Å². The van der Waals surface area contributed by atoms with E-state index < -0.39 is 0 Å². The molecule has 3 nitrogen and oxygen atoms in total. The van der Waals surface area contributed by atoms with Crippen molar-refractivity contribution in [3.8, 4) is 0 Å². The molecule has 0 saturated heterocycles. The van der Waals surface area contributed by atoms with E-state index in [0.717, 1.165) is 8.95 Å². The van der Waals surface area contributed by atoms with E-state index in [1.807, 2.05) is 12.1 Å². The van der Waals surface area contributed by atoms with Crippen molar-refractivity contribution in [1.82, 2.24) is 5.32 Å². The monoisotopic (exact) mass is 427 g/mol. The molecule has 0 bridgehead atoms. The summed E-state index contributed by atoms with van der Waals surface area (Å²) >= 11 is 10.0. The Morgan fingerprint density at radius 3 is 2.76 bits per heavy atom. The van der Waals surface area contributed by atoms with Crippen LogP contribution in [0.1, 0.15) is 10.4 Å². The van der Waals surface area contributed by atoms with Crippen LogP contribution in [0.5, 0.6) is 0 Å². The molecule has 17 heavy (non-hydrogen) atoms. The van der Waals surface area contributed by atoms with Crippen molar-refractivity contribution < 1.29 is 9.53 Å². The van der Waals surface area contributed by atoms with E-state index in [4.69, 9.17) is 4.74 Å². The summed E-state index contributed by atoms with van der Waals surface area (Å²) in [6, 6.07) is 5.44. The third-order valence-corrected chi connectivity index (χ3v) is 4.03. The molecule has 1 aromatic rings. The lowest BCUT2D eigenvalue weighted by atomic mass is 10.2. The van der Waals surface area contributed by atoms with Gasteiger partial charge in [-0.15, -0.1) is 0 Å². The molecule has 1 N–H and O–H groups in total. The van der Waals surface area contributed by atoms with Crippen LogP contribution in [-0.2, 0) is 4.74 Å². The number of hydrogen-bond acceptors (Lipinski definition) is 2. The average Bonchev–Trinajstić information content (AvgIpc) is 2.31. The molecular formula is C11H12Br3NO2. The molecule has 1 rings (SSSR count). The lowest BCUT2D eigenvalue weighted by Crippen LogP contribution is -2.39. The van der Waals surface area contributed by atoms with Gasteiger partial charge in [0, 0.05) is 21.4 Å². The summed E-state index contributed by atoms with van der Waals surface area (Å²) < 4.78 is 6.66. The summed E-state index contributed by atoms with van der Waals surface area (Å²) in [6.07, 6.45) is 0. The van der Waals surface area contributed by atoms with Crippen molar-refractivity contribution in [2.45, 2.75) is 6.04 Å². The number of nitrogens with one attached hydrogen (secondary N) is 1. The first-order valence-corrected chi connectivity index (χ1v) is 7.60. The molecule has 1 unspecified atom stereocenters. The van der Waals surface area contributed by atoms with Gasteiger partial charge in [0.25, 0.3) is 5.91 Å². The fraction of sp³-hybridized carbons (Fsp3) is 0.364. The summed E-state index contributed by atoms with van der Waals surface area (Å²) in [5, 5.41) is 3.54. The molecular weight excluding hydrogens is 418 g/mol. The highest BCUT2D eigenvalue weighted by Gasteiger charge is 2.15. The fourth-order valence-corrected chi connectivity index (χ4v) is 2.40. The zero-order valence-corrected chi connectivity index (χ0v) is 13.9. The zero-order chi connectivity index (χ0) is 12.8. The van der Waals surface area contributed by atoms with Crippen LogP contribution in [0.2, 0.25) is 0 Å². The summed E-state index contributed by atoms with van der Waals surface area (Å²) in [5.41, 5.74) is 0.599. The largest absolute Gasteiger partial charge is 0.383 e. The maximum atomic E-state index is 12.0. The number of halogens is 3. The Labute approximate surface area is 126 Å². The number of carbonyl (C=O) groups excluding carboxylic acids is 1. The molecule has 1 amide bonds. The fourth-order valence-electron chi connectivity index (χ4n) is 1.26. The second-order valence-electron chi connectivity index (χ2n) is 3.40. The van der Waals surface area contributed by atoms with Gasteiger partial charge < -0.3 is 10.1 Å². The second kappa shape index (κ2) is 7.51. The first-order valence-electron chi connectivity index (χ1n) is 4.89. The molecule has 0 aromatic heterocycles. The number of amides is 1. The highest BCUT2D eigenvalue weighted by Crippen LogP contribution is 2.21. The van der Waals surface area contributed by atoms with E-state index in [2.05, 4.69) is 53.1 Å². The highest BCUT2D eigenvalue weighted by molar-refractivity contribution is 9.11. The maximum Gasteiger partial charge on any atom is 0.252 e. The molecule has 0 saturated carbocycles. The Bertz CT molecular complexity index is 398. The van der Waals surface area contributed by atoms with Gasteiger partial charge in [-0.2, -0.15) is 0 Å². The number of methoxy groups -OCH3 is 1. The molecule has 0 radical (unpaired) electrons.